The zero-order chi connectivity index (χ0) is 19.1. The monoisotopic (exact) mass is 418 g/mol. The second kappa shape index (κ2) is 9.62. The van der Waals surface area contributed by atoms with Crippen LogP contribution in [0.3, 0.4) is 0 Å². The lowest BCUT2D eigenvalue weighted by Gasteiger charge is -2.21. The minimum atomic E-state index is -0.180. The first-order valence-corrected chi connectivity index (χ1v) is 9.82. The van der Waals surface area contributed by atoms with Crippen molar-refractivity contribution in [1.29, 1.82) is 0 Å². The molecular weight excluding hydrogens is 392 g/mol. The summed E-state index contributed by atoms with van der Waals surface area (Å²) >= 11 is 3.43. The molecular formula is C21H27BrN2O2. The maximum atomic E-state index is 12.7. The van der Waals surface area contributed by atoms with Gasteiger partial charge in [0.05, 0.1) is 12.2 Å². The number of halogens is 1. The molecule has 0 atom stereocenters. The minimum absolute atomic E-state index is 0.180. The topological polar surface area (TPSA) is 41.6 Å². The Balaban J connectivity index is 2.15. The van der Waals surface area contributed by atoms with Crippen LogP contribution in [0.1, 0.15) is 38.1 Å². The van der Waals surface area contributed by atoms with Crippen molar-refractivity contribution in [2.75, 3.05) is 29.9 Å². The van der Waals surface area contributed by atoms with E-state index >= 15 is 0 Å². The number of carbonyl (C=O) groups is 1. The van der Waals surface area contributed by atoms with E-state index in [2.05, 4.69) is 53.8 Å². The van der Waals surface area contributed by atoms with E-state index in [1.54, 1.807) is 6.07 Å². The highest BCUT2D eigenvalue weighted by Crippen LogP contribution is 2.25. The molecule has 0 radical (unpaired) electrons. The molecule has 0 bridgehead atoms. The Morgan fingerprint density at radius 2 is 1.77 bits per heavy atom. The molecule has 140 valence electrons. The van der Waals surface area contributed by atoms with Gasteiger partial charge >= 0.3 is 0 Å². The number of rotatable bonds is 8. The summed E-state index contributed by atoms with van der Waals surface area (Å²) in [5.41, 5.74) is 2.44. The summed E-state index contributed by atoms with van der Waals surface area (Å²) in [4.78, 5) is 15.0. The average molecular weight is 419 g/mol. The smallest absolute Gasteiger partial charge is 0.259 e. The lowest BCUT2D eigenvalue weighted by molar-refractivity contribution is 0.102. The van der Waals surface area contributed by atoms with Crippen LogP contribution >= 0.6 is 15.9 Å². The van der Waals surface area contributed by atoms with Crippen LogP contribution in [0.4, 0.5) is 11.4 Å². The minimum Gasteiger partial charge on any atom is -0.492 e. The summed E-state index contributed by atoms with van der Waals surface area (Å²) in [6.07, 6.45) is 0. The Morgan fingerprint density at radius 3 is 2.35 bits per heavy atom. The first-order chi connectivity index (χ1) is 12.4. The molecule has 0 saturated heterocycles. The fraction of sp³-hybridized carbons (Fsp3) is 0.381. The molecule has 0 heterocycles. The number of hydrogen-bond acceptors (Lipinski definition) is 3. The van der Waals surface area contributed by atoms with Gasteiger partial charge in [-0.2, -0.15) is 0 Å². The molecule has 0 unspecified atom stereocenters. The summed E-state index contributed by atoms with van der Waals surface area (Å²) in [7, 11) is 0. The number of hydrogen-bond donors (Lipinski definition) is 1. The maximum absolute atomic E-state index is 12.7. The molecule has 0 aromatic heterocycles. The predicted molar refractivity (Wildman–Crippen MR) is 112 cm³/mol. The molecule has 0 saturated carbocycles. The quantitative estimate of drug-likeness (QED) is 0.607. The molecule has 0 fully saturated rings. The molecule has 0 aliphatic carbocycles. The standard InChI is InChI=1S/C21H27BrN2O2/c1-5-24(6-2)18-10-8-17(9-11-18)23-21(25)19-13-16(22)7-12-20(19)26-14-15(3)4/h7-13,15H,5-6,14H2,1-4H3,(H,23,25). The fourth-order valence-corrected chi connectivity index (χ4v) is 2.97. The van der Waals surface area contributed by atoms with E-state index in [4.69, 9.17) is 4.74 Å². The number of nitrogens with zero attached hydrogens (tertiary/aromatic N) is 1. The largest absolute Gasteiger partial charge is 0.492 e. The highest BCUT2D eigenvalue weighted by molar-refractivity contribution is 9.10. The van der Waals surface area contributed by atoms with Gasteiger partial charge in [0.1, 0.15) is 5.75 Å². The van der Waals surface area contributed by atoms with E-state index in [1.807, 2.05) is 36.4 Å². The van der Waals surface area contributed by atoms with Gasteiger partial charge in [0, 0.05) is 28.9 Å². The van der Waals surface area contributed by atoms with Crippen LogP contribution in [-0.2, 0) is 0 Å². The predicted octanol–water partition coefficient (Wildman–Crippen LogP) is 5.58. The zero-order valence-electron chi connectivity index (χ0n) is 15.9. The Kier molecular flexibility index (Phi) is 7.51. The van der Waals surface area contributed by atoms with E-state index in [-0.39, 0.29) is 5.91 Å². The summed E-state index contributed by atoms with van der Waals surface area (Å²) in [6, 6.07) is 13.4. The molecule has 26 heavy (non-hydrogen) atoms. The first-order valence-electron chi connectivity index (χ1n) is 9.03. The van der Waals surface area contributed by atoms with Crippen LogP contribution in [0.25, 0.3) is 0 Å². The Morgan fingerprint density at radius 1 is 1.12 bits per heavy atom. The third-order valence-corrected chi connectivity index (χ3v) is 4.51. The maximum Gasteiger partial charge on any atom is 0.259 e. The number of amides is 1. The number of anilines is 2. The zero-order valence-corrected chi connectivity index (χ0v) is 17.5. The van der Waals surface area contributed by atoms with Gasteiger partial charge in [-0.05, 0) is 62.2 Å². The summed E-state index contributed by atoms with van der Waals surface area (Å²) in [6.45, 7) is 10.9. The Hall–Kier alpha value is -2.01. The lowest BCUT2D eigenvalue weighted by Crippen LogP contribution is -2.21. The number of benzene rings is 2. The first kappa shape index (κ1) is 20.3. The van der Waals surface area contributed by atoms with Crippen LogP contribution in [0.2, 0.25) is 0 Å². The summed E-state index contributed by atoms with van der Waals surface area (Å²) in [5.74, 6) is 0.807. The van der Waals surface area contributed by atoms with Crippen LogP contribution in [-0.4, -0.2) is 25.6 Å². The van der Waals surface area contributed by atoms with Gasteiger partial charge in [-0.15, -0.1) is 0 Å². The average Bonchev–Trinajstić information content (AvgIpc) is 2.63. The second-order valence-electron chi connectivity index (χ2n) is 6.52. The van der Waals surface area contributed by atoms with Gasteiger partial charge in [0.15, 0.2) is 0 Å². The van der Waals surface area contributed by atoms with Crippen molar-refractivity contribution in [1.82, 2.24) is 0 Å². The van der Waals surface area contributed by atoms with E-state index in [9.17, 15) is 4.79 Å². The van der Waals surface area contributed by atoms with Crippen LogP contribution in [0.15, 0.2) is 46.9 Å². The fourth-order valence-electron chi connectivity index (χ4n) is 2.60. The van der Waals surface area contributed by atoms with Crippen molar-refractivity contribution >= 4 is 33.2 Å². The van der Waals surface area contributed by atoms with E-state index in [1.165, 1.54) is 0 Å². The molecule has 0 spiro atoms. The molecule has 5 heteroatoms. The molecule has 2 aromatic rings. The second-order valence-corrected chi connectivity index (χ2v) is 7.43. The van der Waals surface area contributed by atoms with Gasteiger partial charge in [-0.25, -0.2) is 0 Å². The van der Waals surface area contributed by atoms with Crippen LogP contribution < -0.4 is 15.0 Å². The number of nitrogens with one attached hydrogen (secondary N) is 1. The molecule has 4 nitrogen and oxygen atoms in total. The molecule has 2 rings (SSSR count). The molecule has 1 amide bonds. The van der Waals surface area contributed by atoms with Gasteiger partial charge in [-0.1, -0.05) is 29.8 Å². The van der Waals surface area contributed by atoms with Gasteiger partial charge in [-0.3, -0.25) is 4.79 Å². The van der Waals surface area contributed by atoms with Crippen LogP contribution in [0.5, 0.6) is 5.75 Å². The lowest BCUT2D eigenvalue weighted by atomic mass is 10.1. The molecule has 2 aromatic carbocycles. The molecule has 0 aliphatic heterocycles. The molecule has 0 aliphatic rings. The Bertz CT molecular complexity index is 725. The SMILES string of the molecule is CCN(CC)c1ccc(NC(=O)c2cc(Br)ccc2OCC(C)C)cc1. The number of carbonyl (C=O) groups excluding carboxylic acids is 1. The highest BCUT2D eigenvalue weighted by atomic mass is 79.9. The van der Waals surface area contributed by atoms with E-state index < -0.39 is 0 Å². The van der Waals surface area contributed by atoms with Crippen molar-refractivity contribution in [3.05, 3.63) is 52.5 Å². The Labute approximate surface area is 164 Å². The van der Waals surface area contributed by atoms with Gasteiger partial charge in [0.25, 0.3) is 5.91 Å². The summed E-state index contributed by atoms with van der Waals surface area (Å²) in [5, 5.41) is 2.96. The van der Waals surface area contributed by atoms with Gasteiger partial charge in [0.2, 0.25) is 0 Å². The van der Waals surface area contributed by atoms with Crippen molar-refractivity contribution in [3.63, 3.8) is 0 Å². The third-order valence-electron chi connectivity index (χ3n) is 4.01. The van der Waals surface area contributed by atoms with E-state index in [0.29, 0.717) is 23.8 Å². The van der Waals surface area contributed by atoms with Crippen molar-refractivity contribution < 1.29 is 9.53 Å². The third kappa shape index (κ3) is 5.49. The molecule has 1 N–H and O–H groups in total. The van der Waals surface area contributed by atoms with E-state index in [0.717, 1.165) is 28.9 Å². The van der Waals surface area contributed by atoms with Crippen molar-refractivity contribution in [2.24, 2.45) is 5.92 Å². The van der Waals surface area contributed by atoms with Crippen LogP contribution in [0, 0.1) is 5.92 Å². The summed E-state index contributed by atoms with van der Waals surface area (Å²) < 4.78 is 6.65. The van der Waals surface area contributed by atoms with Gasteiger partial charge < -0.3 is 15.0 Å². The highest BCUT2D eigenvalue weighted by Gasteiger charge is 2.14. The number of ether oxygens (including phenoxy) is 1. The van der Waals surface area contributed by atoms with Crippen molar-refractivity contribution in [2.45, 2.75) is 27.7 Å². The van der Waals surface area contributed by atoms with Crippen molar-refractivity contribution in [3.8, 4) is 5.75 Å². The normalized spacial score (nSPS) is 10.7.